The van der Waals surface area contributed by atoms with Crippen molar-refractivity contribution in [1.82, 2.24) is 9.80 Å². The Morgan fingerprint density at radius 1 is 1.37 bits per heavy atom. The number of amides is 1. The second kappa shape index (κ2) is 5.80. The van der Waals surface area contributed by atoms with Crippen molar-refractivity contribution in [1.29, 1.82) is 0 Å². The summed E-state index contributed by atoms with van der Waals surface area (Å²) in [5, 5.41) is 0.489. The molecule has 1 aromatic rings. The molecular formula is C14H20ClN3O. The molecule has 0 aliphatic carbocycles. The van der Waals surface area contributed by atoms with E-state index in [-0.39, 0.29) is 5.91 Å². The van der Waals surface area contributed by atoms with Crippen molar-refractivity contribution in [2.45, 2.75) is 18.9 Å². The van der Waals surface area contributed by atoms with Gasteiger partial charge in [-0.2, -0.15) is 0 Å². The van der Waals surface area contributed by atoms with E-state index in [1.54, 1.807) is 18.2 Å². The Morgan fingerprint density at radius 2 is 2.00 bits per heavy atom. The number of carbonyl (C=O) groups is 1. The molecule has 0 atom stereocenters. The quantitative estimate of drug-likeness (QED) is 0.845. The van der Waals surface area contributed by atoms with Crippen LogP contribution in [0.4, 0.5) is 5.69 Å². The zero-order valence-corrected chi connectivity index (χ0v) is 12.2. The first-order valence-electron chi connectivity index (χ1n) is 6.50. The molecule has 0 aromatic heterocycles. The molecule has 1 aliphatic heterocycles. The van der Waals surface area contributed by atoms with Gasteiger partial charge >= 0.3 is 0 Å². The number of anilines is 1. The fraction of sp³-hybridized carbons (Fsp3) is 0.500. The van der Waals surface area contributed by atoms with Crippen molar-refractivity contribution >= 4 is 23.2 Å². The van der Waals surface area contributed by atoms with Crippen molar-refractivity contribution in [2.75, 3.05) is 32.9 Å². The Balaban J connectivity index is 2.03. The van der Waals surface area contributed by atoms with Gasteiger partial charge in [0.15, 0.2) is 0 Å². The van der Waals surface area contributed by atoms with Crippen molar-refractivity contribution in [3.8, 4) is 0 Å². The molecule has 1 fully saturated rings. The smallest absolute Gasteiger partial charge is 0.253 e. The predicted molar refractivity (Wildman–Crippen MR) is 78.5 cm³/mol. The third-order valence-electron chi connectivity index (χ3n) is 3.72. The Kier molecular flexibility index (Phi) is 4.32. The van der Waals surface area contributed by atoms with E-state index in [0.717, 1.165) is 25.9 Å². The van der Waals surface area contributed by atoms with E-state index in [1.807, 2.05) is 4.90 Å². The van der Waals surface area contributed by atoms with Gasteiger partial charge in [-0.05, 0) is 45.1 Å². The average molecular weight is 282 g/mol. The summed E-state index contributed by atoms with van der Waals surface area (Å²) in [5.74, 6) is 0.0422. The van der Waals surface area contributed by atoms with Crippen LogP contribution in [0.15, 0.2) is 18.2 Å². The van der Waals surface area contributed by atoms with Gasteiger partial charge in [0, 0.05) is 24.7 Å². The summed E-state index contributed by atoms with van der Waals surface area (Å²) in [6.45, 7) is 1.59. The van der Waals surface area contributed by atoms with Gasteiger partial charge in [-0.15, -0.1) is 0 Å². The van der Waals surface area contributed by atoms with E-state index >= 15 is 0 Å². The number of nitrogens with two attached hydrogens (primary N) is 1. The molecule has 0 radical (unpaired) electrons. The summed E-state index contributed by atoms with van der Waals surface area (Å²) in [4.78, 5) is 16.5. The number of carbonyl (C=O) groups excluding carboxylic acids is 1. The molecule has 0 spiro atoms. The lowest BCUT2D eigenvalue weighted by atomic mass is 10.0. The van der Waals surface area contributed by atoms with Crippen LogP contribution < -0.4 is 5.73 Å². The summed E-state index contributed by atoms with van der Waals surface area (Å²) >= 11 is 5.87. The number of benzene rings is 1. The van der Waals surface area contributed by atoms with Gasteiger partial charge in [0.1, 0.15) is 0 Å². The molecule has 0 bridgehead atoms. The highest BCUT2D eigenvalue weighted by molar-refractivity contribution is 6.33. The Hall–Kier alpha value is -1.26. The predicted octanol–water partition coefficient (Wildman–Crippen LogP) is 2.09. The fourth-order valence-corrected chi connectivity index (χ4v) is 2.56. The molecule has 1 aliphatic rings. The summed E-state index contributed by atoms with van der Waals surface area (Å²) in [6, 6.07) is 5.64. The van der Waals surface area contributed by atoms with E-state index in [2.05, 4.69) is 19.0 Å². The van der Waals surface area contributed by atoms with Crippen molar-refractivity contribution < 1.29 is 4.79 Å². The summed E-state index contributed by atoms with van der Waals surface area (Å²) in [6.07, 6.45) is 2.03. The topological polar surface area (TPSA) is 49.6 Å². The molecule has 1 aromatic carbocycles. The third-order valence-corrected chi connectivity index (χ3v) is 4.07. The number of piperidine rings is 1. The summed E-state index contributed by atoms with van der Waals surface area (Å²) in [5.41, 5.74) is 6.81. The number of rotatable bonds is 2. The monoisotopic (exact) mass is 281 g/mol. The first-order chi connectivity index (χ1) is 8.99. The molecule has 104 valence electrons. The van der Waals surface area contributed by atoms with Crippen molar-refractivity contribution in [3.63, 3.8) is 0 Å². The van der Waals surface area contributed by atoms with E-state index < -0.39 is 0 Å². The first-order valence-corrected chi connectivity index (χ1v) is 6.87. The minimum Gasteiger partial charge on any atom is -0.398 e. The number of nitrogens with zero attached hydrogens (tertiary/aromatic N) is 2. The minimum absolute atomic E-state index is 0.0422. The van der Waals surface area contributed by atoms with E-state index in [1.165, 1.54) is 0 Å². The van der Waals surface area contributed by atoms with Crippen LogP contribution in [0.25, 0.3) is 0 Å². The zero-order chi connectivity index (χ0) is 14.0. The summed E-state index contributed by atoms with van der Waals surface area (Å²) < 4.78 is 0. The number of hydrogen-bond acceptors (Lipinski definition) is 3. The number of hydrogen-bond donors (Lipinski definition) is 1. The highest BCUT2D eigenvalue weighted by Gasteiger charge is 2.24. The van der Waals surface area contributed by atoms with Gasteiger partial charge < -0.3 is 15.5 Å². The second-order valence-corrected chi connectivity index (χ2v) is 5.63. The van der Waals surface area contributed by atoms with Gasteiger partial charge in [-0.1, -0.05) is 11.6 Å². The number of likely N-dealkylation sites (tertiary alicyclic amines) is 1. The Bertz CT molecular complexity index is 468. The molecule has 19 heavy (non-hydrogen) atoms. The lowest BCUT2D eigenvalue weighted by molar-refractivity contribution is 0.0663. The van der Waals surface area contributed by atoms with Gasteiger partial charge in [0.2, 0.25) is 0 Å². The van der Waals surface area contributed by atoms with Crippen LogP contribution in [0.2, 0.25) is 5.02 Å². The second-order valence-electron chi connectivity index (χ2n) is 5.22. The lowest BCUT2D eigenvalue weighted by Crippen LogP contribution is -2.44. The maximum Gasteiger partial charge on any atom is 0.253 e. The number of halogens is 1. The van der Waals surface area contributed by atoms with E-state index in [0.29, 0.717) is 22.3 Å². The van der Waals surface area contributed by atoms with Crippen molar-refractivity contribution in [3.05, 3.63) is 28.8 Å². The Morgan fingerprint density at radius 3 is 2.53 bits per heavy atom. The molecular weight excluding hydrogens is 262 g/mol. The molecule has 4 nitrogen and oxygen atoms in total. The lowest BCUT2D eigenvalue weighted by Gasteiger charge is -2.35. The van der Waals surface area contributed by atoms with Crippen LogP contribution in [-0.2, 0) is 0 Å². The SMILES string of the molecule is CN(C)C1CCN(C(=O)c2ccc(Cl)c(N)c2)CC1. The van der Waals surface area contributed by atoms with E-state index in [9.17, 15) is 4.79 Å². The summed E-state index contributed by atoms with van der Waals surface area (Å²) in [7, 11) is 4.17. The largest absolute Gasteiger partial charge is 0.398 e. The highest BCUT2D eigenvalue weighted by atomic mass is 35.5. The van der Waals surface area contributed by atoms with Gasteiger partial charge in [0.05, 0.1) is 10.7 Å². The van der Waals surface area contributed by atoms with Crippen LogP contribution in [0.3, 0.4) is 0 Å². The third kappa shape index (κ3) is 3.19. The van der Waals surface area contributed by atoms with Crippen LogP contribution in [0, 0.1) is 0 Å². The fourth-order valence-electron chi connectivity index (χ4n) is 2.44. The maximum atomic E-state index is 12.4. The highest BCUT2D eigenvalue weighted by Crippen LogP contribution is 2.22. The van der Waals surface area contributed by atoms with Gasteiger partial charge in [-0.25, -0.2) is 0 Å². The molecule has 1 saturated heterocycles. The molecule has 2 rings (SSSR count). The molecule has 0 saturated carbocycles. The van der Waals surface area contributed by atoms with Crippen molar-refractivity contribution in [2.24, 2.45) is 0 Å². The number of nitrogen functional groups attached to an aromatic ring is 1. The first kappa shape index (κ1) is 14.2. The Labute approximate surface area is 119 Å². The minimum atomic E-state index is 0.0422. The van der Waals surface area contributed by atoms with E-state index in [4.69, 9.17) is 17.3 Å². The normalized spacial score (nSPS) is 16.9. The molecule has 1 amide bonds. The molecule has 1 heterocycles. The van der Waals surface area contributed by atoms with Gasteiger partial charge in [0.25, 0.3) is 5.91 Å². The zero-order valence-electron chi connectivity index (χ0n) is 11.4. The standard InChI is InChI=1S/C14H20ClN3O/c1-17(2)11-5-7-18(8-6-11)14(19)10-3-4-12(15)13(16)9-10/h3-4,9,11H,5-8,16H2,1-2H3. The average Bonchev–Trinajstić information content (AvgIpc) is 2.41. The molecule has 5 heteroatoms. The van der Waals surface area contributed by atoms with Crippen LogP contribution >= 0.6 is 11.6 Å². The molecule has 2 N–H and O–H groups in total. The van der Waals surface area contributed by atoms with Gasteiger partial charge in [-0.3, -0.25) is 4.79 Å². The van der Waals surface area contributed by atoms with Crippen LogP contribution in [-0.4, -0.2) is 48.9 Å². The molecule has 0 unspecified atom stereocenters. The maximum absolute atomic E-state index is 12.4. The van der Waals surface area contributed by atoms with Crippen LogP contribution in [0.5, 0.6) is 0 Å². The van der Waals surface area contributed by atoms with Crippen LogP contribution in [0.1, 0.15) is 23.2 Å².